The quantitative estimate of drug-likeness (QED) is 0.832. The van der Waals surface area contributed by atoms with E-state index < -0.39 is 10.0 Å². The van der Waals surface area contributed by atoms with Crippen molar-refractivity contribution in [2.75, 3.05) is 20.6 Å². The lowest BCUT2D eigenvalue weighted by molar-refractivity contribution is 0.444. The van der Waals surface area contributed by atoms with Crippen LogP contribution in [0.25, 0.3) is 0 Å². The zero-order chi connectivity index (χ0) is 15.8. The fraction of sp³-hybridized carbons (Fsp3) is 0.600. The molecular weight excluding hydrogens is 352 g/mol. The normalized spacial score (nSPS) is 21.8. The van der Waals surface area contributed by atoms with Gasteiger partial charge in [-0.3, -0.25) is 0 Å². The first-order valence-electron chi connectivity index (χ1n) is 7.17. The molecular formula is C15H23BrN2O2S. The van der Waals surface area contributed by atoms with E-state index in [4.69, 9.17) is 0 Å². The fourth-order valence-electron chi connectivity index (χ4n) is 2.55. The molecule has 1 saturated carbocycles. The Labute approximate surface area is 136 Å². The van der Waals surface area contributed by atoms with Gasteiger partial charge < -0.3 is 5.32 Å². The highest BCUT2D eigenvalue weighted by Crippen LogP contribution is 2.39. The van der Waals surface area contributed by atoms with Crippen LogP contribution in [0.2, 0.25) is 0 Å². The average molecular weight is 375 g/mol. The van der Waals surface area contributed by atoms with Crippen molar-refractivity contribution in [3.8, 4) is 0 Å². The number of nitrogens with one attached hydrogen (secondary N) is 1. The Balaban J connectivity index is 2.33. The van der Waals surface area contributed by atoms with Gasteiger partial charge in [0.15, 0.2) is 0 Å². The number of sulfonamides is 1. The maximum atomic E-state index is 12.8. The lowest BCUT2D eigenvalue weighted by Gasteiger charge is -2.19. The molecule has 0 radical (unpaired) electrons. The molecule has 0 bridgehead atoms. The third-order valence-corrected chi connectivity index (χ3v) is 7.28. The topological polar surface area (TPSA) is 49.4 Å². The maximum absolute atomic E-state index is 12.8. The van der Waals surface area contributed by atoms with Gasteiger partial charge in [0.2, 0.25) is 10.0 Å². The molecule has 0 saturated heterocycles. The number of benzene rings is 1. The Morgan fingerprint density at radius 1 is 1.43 bits per heavy atom. The molecule has 21 heavy (non-hydrogen) atoms. The van der Waals surface area contributed by atoms with Crippen LogP contribution in [0.4, 0.5) is 0 Å². The van der Waals surface area contributed by atoms with Crippen LogP contribution in [0, 0.1) is 18.8 Å². The molecule has 1 aliphatic carbocycles. The first-order chi connectivity index (χ1) is 9.77. The summed E-state index contributed by atoms with van der Waals surface area (Å²) in [5, 5.41) is 3.06. The molecule has 1 aromatic rings. The molecule has 0 aliphatic heterocycles. The summed E-state index contributed by atoms with van der Waals surface area (Å²) < 4.78 is 27.8. The van der Waals surface area contributed by atoms with Crippen LogP contribution in [0.3, 0.4) is 0 Å². The van der Waals surface area contributed by atoms with Crippen molar-refractivity contribution in [1.82, 2.24) is 9.62 Å². The van der Waals surface area contributed by atoms with E-state index in [-0.39, 0.29) is 0 Å². The van der Waals surface area contributed by atoms with Crippen LogP contribution in [-0.2, 0) is 16.6 Å². The fourth-order valence-corrected chi connectivity index (χ4v) is 4.81. The van der Waals surface area contributed by atoms with E-state index in [0.29, 0.717) is 34.3 Å². The van der Waals surface area contributed by atoms with E-state index in [0.717, 1.165) is 17.5 Å². The second-order valence-corrected chi connectivity index (χ2v) is 8.82. The summed E-state index contributed by atoms with van der Waals surface area (Å²) >= 11 is 3.44. The van der Waals surface area contributed by atoms with E-state index in [1.54, 1.807) is 13.1 Å². The van der Waals surface area contributed by atoms with Crippen LogP contribution in [0.15, 0.2) is 21.5 Å². The van der Waals surface area contributed by atoms with Gasteiger partial charge in [-0.1, -0.05) is 13.0 Å². The Hall–Kier alpha value is -0.430. The van der Waals surface area contributed by atoms with Gasteiger partial charge in [0.25, 0.3) is 0 Å². The van der Waals surface area contributed by atoms with Crippen LogP contribution in [0.5, 0.6) is 0 Å². The van der Waals surface area contributed by atoms with Crippen LogP contribution in [-0.4, -0.2) is 33.4 Å². The minimum atomic E-state index is -3.45. The first kappa shape index (κ1) is 16.9. The molecule has 2 rings (SSSR count). The molecule has 1 fully saturated rings. The number of nitrogens with zero attached hydrogens (tertiary/aromatic N) is 1. The van der Waals surface area contributed by atoms with Gasteiger partial charge in [-0.05, 0) is 65.4 Å². The van der Waals surface area contributed by atoms with Crippen LogP contribution >= 0.6 is 15.9 Å². The van der Waals surface area contributed by atoms with Crippen LogP contribution < -0.4 is 5.32 Å². The lowest BCUT2D eigenvalue weighted by Crippen LogP contribution is -2.29. The average Bonchev–Trinajstić information content (AvgIpc) is 3.09. The second-order valence-electron chi connectivity index (χ2n) is 6.01. The van der Waals surface area contributed by atoms with Gasteiger partial charge in [-0.2, -0.15) is 0 Å². The highest BCUT2D eigenvalue weighted by atomic mass is 79.9. The molecule has 6 heteroatoms. The van der Waals surface area contributed by atoms with E-state index in [9.17, 15) is 8.42 Å². The molecule has 1 aromatic carbocycles. The predicted octanol–water partition coefficient (Wildman–Crippen LogP) is 2.75. The van der Waals surface area contributed by atoms with Gasteiger partial charge in [0, 0.05) is 24.6 Å². The van der Waals surface area contributed by atoms with E-state index in [1.165, 1.54) is 4.31 Å². The summed E-state index contributed by atoms with van der Waals surface area (Å²) in [6.45, 7) is 5.34. The number of rotatable bonds is 6. The van der Waals surface area contributed by atoms with Crippen LogP contribution in [0.1, 0.15) is 24.5 Å². The zero-order valence-corrected chi connectivity index (χ0v) is 15.4. The number of aryl methyl sites for hydroxylation is 1. The molecule has 0 spiro atoms. The summed E-state index contributed by atoms with van der Waals surface area (Å²) in [4.78, 5) is 0.364. The minimum absolute atomic E-state index is 0.364. The zero-order valence-electron chi connectivity index (χ0n) is 13.0. The van der Waals surface area contributed by atoms with Crippen molar-refractivity contribution < 1.29 is 8.42 Å². The predicted molar refractivity (Wildman–Crippen MR) is 88.7 cm³/mol. The summed E-state index contributed by atoms with van der Waals surface area (Å²) in [5.41, 5.74) is 1.92. The van der Waals surface area contributed by atoms with Crippen molar-refractivity contribution in [2.24, 2.45) is 11.8 Å². The Morgan fingerprint density at radius 2 is 2.05 bits per heavy atom. The molecule has 0 heterocycles. The van der Waals surface area contributed by atoms with Gasteiger partial charge in [-0.15, -0.1) is 0 Å². The highest BCUT2D eigenvalue weighted by molar-refractivity contribution is 9.10. The lowest BCUT2D eigenvalue weighted by atomic mass is 10.1. The monoisotopic (exact) mass is 374 g/mol. The van der Waals surface area contributed by atoms with Gasteiger partial charge in [-0.25, -0.2) is 12.7 Å². The summed E-state index contributed by atoms with van der Waals surface area (Å²) in [7, 11) is 0.0741. The standard InChI is InChI=1S/C15H23BrN2O2S/c1-10-6-13(10)9-18(4)21(19,20)14-7-12(8-17-3)5-11(2)15(14)16/h5,7,10,13,17H,6,8-9H2,1-4H3. The van der Waals surface area contributed by atoms with E-state index >= 15 is 0 Å². The van der Waals surface area contributed by atoms with Crippen molar-refractivity contribution in [2.45, 2.75) is 31.7 Å². The van der Waals surface area contributed by atoms with Crippen molar-refractivity contribution >= 4 is 26.0 Å². The summed E-state index contributed by atoms with van der Waals surface area (Å²) in [5.74, 6) is 1.15. The van der Waals surface area contributed by atoms with Crippen molar-refractivity contribution in [3.63, 3.8) is 0 Å². The smallest absolute Gasteiger partial charge is 0.243 e. The maximum Gasteiger partial charge on any atom is 0.243 e. The van der Waals surface area contributed by atoms with Gasteiger partial charge in [0.05, 0.1) is 4.90 Å². The minimum Gasteiger partial charge on any atom is -0.316 e. The van der Waals surface area contributed by atoms with Gasteiger partial charge >= 0.3 is 0 Å². The SMILES string of the molecule is CNCc1cc(C)c(Br)c(S(=O)(=O)N(C)CC2CC2C)c1. The molecule has 118 valence electrons. The molecule has 0 amide bonds. The molecule has 1 aliphatic rings. The molecule has 0 aromatic heterocycles. The van der Waals surface area contributed by atoms with Crippen molar-refractivity contribution in [1.29, 1.82) is 0 Å². The Kier molecular flexibility index (Phi) is 5.13. The summed E-state index contributed by atoms with van der Waals surface area (Å²) in [6, 6.07) is 3.76. The highest BCUT2D eigenvalue weighted by Gasteiger charge is 2.36. The summed E-state index contributed by atoms with van der Waals surface area (Å²) in [6.07, 6.45) is 1.12. The third kappa shape index (κ3) is 3.67. The van der Waals surface area contributed by atoms with E-state index in [2.05, 4.69) is 28.2 Å². The molecule has 4 nitrogen and oxygen atoms in total. The number of halogens is 1. The van der Waals surface area contributed by atoms with E-state index in [1.807, 2.05) is 20.0 Å². The largest absolute Gasteiger partial charge is 0.316 e. The molecule has 2 atom stereocenters. The number of hydrogen-bond acceptors (Lipinski definition) is 3. The Morgan fingerprint density at radius 3 is 2.57 bits per heavy atom. The molecule has 1 N–H and O–H groups in total. The number of hydrogen-bond donors (Lipinski definition) is 1. The van der Waals surface area contributed by atoms with Gasteiger partial charge in [0.1, 0.15) is 0 Å². The molecule has 2 unspecified atom stereocenters. The third-order valence-electron chi connectivity index (χ3n) is 4.12. The first-order valence-corrected chi connectivity index (χ1v) is 9.40. The Bertz CT molecular complexity index is 631. The van der Waals surface area contributed by atoms with Crippen molar-refractivity contribution in [3.05, 3.63) is 27.7 Å². The second kappa shape index (κ2) is 6.36.